The minimum Gasteiger partial charge on any atom is -0.497 e. The number of rotatable bonds is 5. The number of ether oxygens (including phenoxy) is 1. The molecule has 2 N–H and O–H groups in total. The van der Waals surface area contributed by atoms with Crippen molar-refractivity contribution in [3.8, 4) is 5.75 Å². The third-order valence-corrected chi connectivity index (χ3v) is 6.77. The molecule has 1 heterocycles. The maximum absolute atomic E-state index is 13.8. The van der Waals surface area contributed by atoms with Crippen molar-refractivity contribution >= 4 is 5.91 Å². The Morgan fingerprint density at radius 3 is 2.36 bits per heavy atom. The summed E-state index contributed by atoms with van der Waals surface area (Å²) >= 11 is 0. The summed E-state index contributed by atoms with van der Waals surface area (Å²) < 4.78 is 5.31. The summed E-state index contributed by atoms with van der Waals surface area (Å²) in [5, 5.41) is 0. The number of nitrogens with zero attached hydrogens (tertiary/aromatic N) is 1. The summed E-state index contributed by atoms with van der Waals surface area (Å²) in [6.45, 7) is 2.13. The smallest absolute Gasteiger partial charge is 0.233 e. The van der Waals surface area contributed by atoms with Crippen LogP contribution in [0.5, 0.6) is 5.75 Å². The van der Waals surface area contributed by atoms with Crippen LogP contribution in [-0.4, -0.2) is 37.6 Å². The van der Waals surface area contributed by atoms with Crippen molar-refractivity contribution in [2.45, 2.75) is 37.0 Å². The van der Waals surface area contributed by atoms with Gasteiger partial charge in [-0.25, -0.2) is 0 Å². The van der Waals surface area contributed by atoms with E-state index >= 15 is 0 Å². The molecular formula is C24H30N2O2. The van der Waals surface area contributed by atoms with Gasteiger partial charge < -0.3 is 15.4 Å². The molecule has 1 amide bonds. The third-order valence-electron chi connectivity index (χ3n) is 6.77. The summed E-state index contributed by atoms with van der Waals surface area (Å²) in [5.41, 5.74) is 8.13. The molecule has 2 aromatic rings. The van der Waals surface area contributed by atoms with Crippen molar-refractivity contribution < 1.29 is 9.53 Å². The second-order valence-corrected chi connectivity index (χ2v) is 8.24. The molecule has 0 bridgehead atoms. The molecule has 1 aliphatic heterocycles. The predicted octanol–water partition coefficient (Wildman–Crippen LogP) is 3.71. The maximum atomic E-state index is 13.8. The molecule has 0 unspecified atom stereocenters. The summed E-state index contributed by atoms with van der Waals surface area (Å²) in [4.78, 5) is 15.9. The number of hydrogen-bond acceptors (Lipinski definition) is 3. The van der Waals surface area contributed by atoms with Crippen LogP contribution in [0.2, 0.25) is 0 Å². The Bertz CT molecular complexity index is 797. The fraction of sp³-hybridized carbons (Fsp3) is 0.458. The molecule has 2 fully saturated rings. The number of carbonyl (C=O) groups excluding carboxylic acids is 1. The molecule has 4 nitrogen and oxygen atoms in total. The Kier molecular flexibility index (Phi) is 5.40. The normalized spacial score (nSPS) is 23.7. The molecule has 0 radical (unpaired) electrons. The highest BCUT2D eigenvalue weighted by atomic mass is 16.5. The SMILES string of the molecule is COc1ccc(C2(C(=O)N3C[C@@H](CN)[C@H](c4ccccc4)C3)CCCC2)cc1. The van der Waals surface area contributed by atoms with Crippen LogP contribution in [0.15, 0.2) is 54.6 Å². The Labute approximate surface area is 167 Å². The summed E-state index contributed by atoms with van der Waals surface area (Å²) in [7, 11) is 1.67. The molecule has 4 heteroatoms. The molecule has 0 spiro atoms. The summed E-state index contributed by atoms with van der Waals surface area (Å²) in [6, 6.07) is 18.6. The van der Waals surface area contributed by atoms with Gasteiger partial charge in [0.2, 0.25) is 5.91 Å². The molecule has 1 saturated heterocycles. The van der Waals surface area contributed by atoms with E-state index in [-0.39, 0.29) is 5.91 Å². The van der Waals surface area contributed by atoms with Crippen LogP contribution in [0, 0.1) is 5.92 Å². The van der Waals surface area contributed by atoms with Crippen molar-refractivity contribution in [3.63, 3.8) is 0 Å². The number of methoxy groups -OCH3 is 1. The van der Waals surface area contributed by atoms with E-state index in [1.54, 1.807) is 7.11 Å². The quantitative estimate of drug-likeness (QED) is 0.863. The van der Waals surface area contributed by atoms with E-state index in [0.29, 0.717) is 18.4 Å². The van der Waals surface area contributed by atoms with E-state index in [2.05, 4.69) is 41.3 Å². The van der Waals surface area contributed by atoms with Gasteiger partial charge in [-0.3, -0.25) is 4.79 Å². The number of likely N-dealkylation sites (tertiary alicyclic amines) is 1. The van der Waals surface area contributed by atoms with Gasteiger partial charge in [0.25, 0.3) is 0 Å². The lowest BCUT2D eigenvalue weighted by Gasteiger charge is -2.33. The van der Waals surface area contributed by atoms with Crippen molar-refractivity contribution in [2.24, 2.45) is 11.7 Å². The second kappa shape index (κ2) is 7.96. The molecule has 2 aliphatic rings. The lowest BCUT2D eigenvalue weighted by atomic mass is 9.77. The molecule has 0 aromatic heterocycles. The largest absolute Gasteiger partial charge is 0.497 e. The first-order chi connectivity index (χ1) is 13.7. The molecule has 2 atom stereocenters. The highest BCUT2D eigenvalue weighted by Gasteiger charge is 2.47. The van der Waals surface area contributed by atoms with E-state index in [4.69, 9.17) is 10.5 Å². The van der Waals surface area contributed by atoms with Gasteiger partial charge in [0.1, 0.15) is 5.75 Å². The fourth-order valence-electron chi connectivity index (χ4n) is 5.17. The van der Waals surface area contributed by atoms with Crippen molar-refractivity contribution in [3.05, 3.63) is 65.7 Å². The van der Waals surface area contributed by atoms with Crippen LogP contribution in [0.4, 0.5) is 0 Å². The maximum Gasteiger partial charge on any atom is 0.233 e. The van der Waals surface area contributed by atoms with E-state index in [0.717, 1.165) is 50.1 Å². The first-order valence-corrected chi connectivity index (χ1v) is 10.4. The van der Waals surface area contributed by atoms with Crippen LogP contribution in [0.25, 0.3) is 0 Å². The number of benzene rings is 2. The van der Waals surface area contributed by atoms with Gasteiger partial charge in [0, 0.05) is 19.0 Å². The van der Waals surface area contributed by atoms with E-state index in [9.17, 15) is 4.79 Å². The Hall–Kier alpha value is -2.33. The third kappa shape index (κ3) is 3.30. The van der Waals surface area contributed by atoms with Gasteiger partial charge in [-0.1, -0.05) is 55.3 Å². The molecule has 1 saturated carbocycles. The standard InChI is InChI=1S/C24H30N2O2/c1-28-21-11-9-20(10-12-21)24(13-5-6-14-24)23(27)26-16-19(15-25)22(17-26)18-7-3-2-4-8-18/h2-4,7-12,19,22H,5-6,13-17,25H2,1H3/t19-,22+/m1/s1. The van der Waals surface area contributed by atoms with Crippen LogP contribution in [0.3, 0.4) is 0 Å². The van der Waals surface area contributed by atoms with E-state index in [1.165, 1.54) is 5.56 Å². The zero-order chi connectivity index (χ0) is 19.6. The van der Waals surface area contributed by atoms with Crippen molar-refractivity contribution in [1.29, 1.82) is 0 Å². The Morgan fingerprint density at radius 2 is 1.75 bits per heavy atom. The Morgan fingerprint density at radius 1 is 1.07 bits per heavy atom. The zero-order valence-electron chi connectivity index (χ0n) is 16.6. The second-order valence-electron chi connectivity index (χ2n) is 8.24. The number of carbonyl (C=O) groups is 1. The first-order valence-electron chi connectivity index (χ1n) is 10.4. The predicted molar refractivity (Wildman–Crippen MR) is 111 cm³/mol. The average Bonchev–Trinajstić information content (AvgIpc) is 3.42. The lowest BCUT2D eigenvalue weighted by Crippen LogP contribution is -2.44. The van der Waals surface area contributed by atoms with E-state index in [1.807, 2.05) is 18.2 Å². The molecule has 4 rings (SSSR count). The van der Waals surface area contributed by atoms with Crippen LogP contribution in [-0.2, 0) is 10.2 Å². The molecular weight excluding hydrogens is 348 g/mol. The summed E-state index contributed by atoms with van der Waals surface area (Å²) in [5.74, 6) is 1.76. The average molecular weight is 379 g/mol. The fourth-order valence-corrected chi connectivity index (χ4v) is 5.17. The summed E-state index contributed by atoms with van der Waals surface area (Å²) in [6.07, 6.45) is 4.07. The first kappa shape index (κ1) is 19.0. The number of hydrogen-bond donors (Lipinski definition) is 1. The van der Waals surface area contributed by atoms with Gasteiger partial charge in [0.15, 0.2) is 0 Å². The van der Waals surface area contributed by atoms with Gasteiger partial charge >= 0.3 is 0 Å². The van der Waals surface area contributed by atoms with Gasteiger partial charge in [-0.15, -0.1) is 0 Å². The minimum absolute atomic E-state index is 0.284. The number of amides is 1. The molecule has 1 aliphatic carbocycles. The van der Waals surface area contributed by atoms with Crippen LogP contribution in [0.1, 0.15) is 42.7 Å². The zero-order valence-corrected chi connectivity index (χ0v) is 16.6. The molecule has 2 aromatic carbocycles. The highest BCUT2D eigenvalue weighted by molar-refractivity contribution is 5.89. The van der Waals surface area contributed by atoms with E-state index < -0.39 is 5.41 Å². The Balaban J connectivity index is 1.61. The van der Waals surface area contributed by atoms with Crippen molar-refractivity contribution in [2.75, 3.05) is 26.7 Å². The number of nitrogens with two attached hydrogens (primary N) is 1. The van der Waals surface area contributed by atoms with Crippen molar-refractivity contribution in [1.82, 2.24) is 4.90 Å². The highest BCUT2D eigenvalue weighted by Crippen LogP contribution is 2.45. The van der Waals surface area contributed by atoms with Gasteiger partial charge in [-0.05, 0) is 48.6 Å². The molecule has 28 heavy (non-hydrogen) atoms. The van der Waals surface area contributed by atoms with Gasteiger partial charge in [0.05, 0.1) is 12.5 Å². The minimum atomic E-state index is -0.392. The van der Waals surface area contributed by atoms with Crippen LogP contribution >= 0.6 is 0 Å². The molecule has 148 valence electrons. The monoisotopic (exact) mass is 378 g/mol. The topological polar surface area (TPSA) is 55.6 Å². The van der Waals surface area contributed by atoms with Crippen LogP contribution < -0.4 is 10.5 Å². The van der Waals surface area contributed by atoms with Gasteiger partial charge in [-0.2, -0.15) is 0 Å². The lowest BCUT2D eigenvalue weighted by molar-refractivity contribution is -0.136.